The van der Waals surface area contributed by atoms with Gasteiger partial charge in [0.2, 0.25) is 0 Å². The summed E-state index contributed by atoms with van der Waals surface area (Å²) in [6, 6.07) is 5.50. The van der Waals surface area contributed by atoms with Gasteiger partial charge in [0.1, 0.15) is 5.41 Å². The SMILES string of the molecule is CCC(C)OC(=O)CC(C#N)(CC(=O)O)c1cccc(C(F)(F)F)c1. The van der Waals surface area contributed by atoms with Crippen LogP contribution in [0.5, 0.6) is 0 Å². The number of nitriles is 1. The minimum Gasteiger partial charge on any atom is -0.481 e. The predicted octanol–water partition coefficient (Wildman–Crippen LogP) is 3.67. The highest BCUT2D eigenvalue weighted by molar-refractivity contribution is 5.77. The van der Waals surface area contributed by atoms with Crippen LogP contribution < -0.4 is 0 Å². The molecule has 0 amide bonds. The lowest BCUT2D eigenvalue weighted by molar-refractivity contribution is -0.149. The van der Waals surface area contributed by atoms with Crippen molar-refractivity contribution in [2.24, 2.45) is 0 Å². The van der Waals surface area contributed by atoms with Crippen LogP contribution in [0.25, 0.3) is 0 Å². The van der Waals surface area contributed by atoms with Gasteiger partial charge >= 0.3 is 18.1 Å². The second-order valence-corrected chi connectivity index (χ2v) is 5.73. The van der Waals surface area contributed by atoms with Crippen LogP contribution in [0.15, 0.2) is 24.3 Å². The van der Waals surface area contributed by atoms with Crippen LogP contribution in [0, 0.1) is 11.3 Å². The zero-order valence-electron chi connectivity index (χ0n) is 13.8. The molecule has 1 aromatic carbocycles. The third-order valence-electron chi connectivity index (χ3n) is 3.76. The van der Waals surface area contributed by atoms with Gasteiger partial charge in [-0.05, 0) is 25.0 Å². The average Bonchev–Trinajstić information content (AvgIpc) is 2.52. The zero-order chi connectivity index (χ0) is 19.3. The van der Waals surface area contributed by atoms with E-state index in [1.54, 1.807) is 19.9 Å². The van der Waals surface area contributed by atoms with Crippen molar-refractivity contribution in [1.29, 1.82) is 5.26 Å². The summed E-state index contributed by atoms with van der Waals surface area (Å²) in [5.74, 6) is -2.25. The van der Waals surface area contributed by atoms with Gasteiger partial charge in [-0.3, -0.25) is 9.59 Å². The van der Waals surface area contributed by atoms with Crippen molar-refractivity contribution in [3.8, 4) is 6.07 Å². The molecule has 2 unspecified atom stereocenters. The van der Waals surface area contributed by atoms with Crippen LogP contribution in [-0.2, 0) is 25.9 Å². The van der Waals surface area contributed by atoms with E-state index < -0.39 is 48.0 Å². The molecule has 25 heavy (non-hydrogen) atoms. The number of hydrogen-bond acceptors (Lipinski definition) is 4. The first-order valence-electron chi connectivity index (χ1n) is 7.54. The Labute approximate surface area is 143 Å². The summed E-state index contributed by atoms with van der Waals surface area (Å²) >= 11 is 0. The van der Waals surface area contributed by atoms with Gasteiger partial charge in [-0.2, -0.15) is 18.4 Å². The Bertz CT molecular complexity index is 681. The molecule has 0 fully saturated rings. The maximum Gasteiger partial charge on any atom is 0.416 e. The van der Waals surface area contributed by atoms with Crippen LogP contribution in [0.4, 0.5) is 13.2 Å². The Hall–Kier alpha value is -2.56. The second kappa shape index (κ2) is 8.01. The fraction of sp³-hybridized carbons (Fsp3) is 0.471. The van der Waals surface area contributed by atoms with Crippen molar-refractivity contribution in [3.05, 3.63) is 35.4 Å². The van der Waals surface area contributed by atoms with E-state index in [2.05, 4.69) is 0 Å². The first-order valence-corrected chi connectivity index (χ1v) is 7.54. The van der Waals surface area contributed by atoms with Gasteiger partial charge in [0, 0.05) is 0 Å². The predicted molar refractivity (Wildman–Crippen MR) is 81.4 cm³/mol. The molecule has 1 rings (SSSR count). The van der Waals surface area contributed by atoms with Crippen molar-refractivity contribution in [3.63, 3.8) is 0 Å². The summed E-state index contributed by atoms with van der Waals surface area (Å²) in [5, 5.41) is 18.6. The number of carboxylic acid groups (broad SMARTS) is 1. The van der Waals surface area contributed by atoms with Gasteiger partial charge in [-0.15, -0.1) is 0 Å². The quantitative estimate of drug-likeness (QED) is 0.752. The van der Waals surface area contributed by atoms with Crippen LogP contribution in [0.2, 0.25) is 0 Å². The Balaban J connectivity index is 3.31. The Morgan fingerprint density at radius 3 is 2.36 bits per heavy atom. The molecule has 2 atom stereocenters. The zero-order valence-corrected chi connectivity index (χ0v) is 13.8. The van der Waals surface area contributed by atoms with E-state index in [1.165, 1.54) is 6.07 Å². The molecule has 0 aromatic heterocycles. The number of hydrogen-bond donors (Lipinski definition) is 1. The van der Waals surface area contributed by atoms with Crippen LogP contribution in [-0.4, -0.2) is 23.1 Å². The lowest BCUT2D eigenvalue weighted by Crippen LogP contribution is -2.32. The number of benzene rings is 1. The number of halogens is 3. The molecular formula is C17H18F3NO4. The number of aliphatic carboxylic acids is 1. The molecule has 0 radical (unpaired) electrons. The third-order valence-corrected chi connectivity index (χ3v) is 3.76. The molecule has 0 aliphatic rings. The fourth-order valence-corrected chi connectivity index (χ4v) is 2.26. The molecule has 0 bridgehead atoms. The molecule has 0 spiro atoms. The number of ether oxygens (including phenoxy) is 1. The number of carbonyl (C=O) groups is 2. The smallest absolute Gasteiger partial charge is 0.416 e. The molecule has 0 aliphatic heterocycles. The highest BCUT2D eigenvalue weighted by atomic mass is 19.4. The van der Waals surface area contributed by atoms with Crippen LogP contribution in [0.1, 0.15) is 44.2 Å². The van der Waals surface area contributed by atoms with Gasteiger partial charge in [0.15, 0.2) is 0 Å². The summed E-state index contributed by atoms with van der Waals surface area (Å²) in [7, 11) is 0. The molecule has 0 saturated carbocycles. The number of esters is 1. The van der Waals surface area contributed by atoms with E-state index in [-0.39, 0.29) is 5.56 Å². The lowest BCUT2D eigenvalue weighted by Gasteiger charge is -2.26. The van der Waals surface area contributed by atoms with Crippen molar-refractivity contribution in [1.82, 2.24) is 0 Å². The van der Waals surface area contributed by atoms with Gasteiger partial charge in [-0.25, -0.2) is 0 Å². The highest BCUT2D eigenvalue weighted by Crippen LogP contribution is 2.36. The van der Waals surface area contributed by atoms with E-state index in [4.69, 9.17) is 9.84 Å². The molecule has 8 heteroatoms. The molecule has 136 valence electrons. The van der Waals surface area contributed by atoms with Gasteiger partial charge in [0.05, 0.1) is 30.6 Å². The standard InChI is InChI=1S/C17H18F3NO4/c1-3-11(2)25-15(24)9-16(10-21,8-14(22)23)12-5-4-6-13(7-12)17(18,19)20/h4-7,11H,3,8-9H2,1-2H3,(H,22,23). The topological polar surface area (TPSA) is 87.4 Å². The summed E-state index contributed by atoms with van der Waals surface area (Å²) < 4.78 is 43.8. The maximum atomic E-state index is 12.9. The van der Waals surface area contributed by atoms with Gasteiger partial charge in [-0.1, -0.05) is 25.1 Å². The van der Waals surface area contributed by atoms with E-state index in [0.29, 0.717) is 12.5 Å². The normalized spacial score (nSPS) is 14.9. The minimum atomic E-state index is -4.66. The summed E-state index contributed by atoms with van der Waals surface area (Å²) in [6.07, 6.45) is -6.07. The minimum absolute atomic E-state index is 0.187. The van der Waals surface area contributed by atoms with E-state index in [0.717, 1.165) is 12.1 Å². The van der Waals surface area contributed by atoms with Crippen LogP contribution in [0.3, 0.4) is 0 Å². The summed E-state index contributed by atoms with van der Waals surface area (Å²) in [5.41, 5.74) is -3.16. The Morgan fingerprint density at radius 1 is 1.28 bits per heavy atom. The largest absolute Gasteiger partial charge is 0.481 e. The van der Waals surface area contributed by atoms with E-state index in [1.807, 2.05) is 0 Å². The van der Waals surface area contributed by atoms with Crippen molar-refractivity contribution >= 4 is 11.9 Å². The molecule has 1 N–H and O–H groups in total. The molecule has 0 heterocycles. The molecule has 0 aliphatic carbocycles. The van der Waals surface area contributed by atoms with Crippen molar-refractivity contribution in [2.75, 3.05) is 0 Å². The number of nitrogens with zero attached hydrogens (tertiary/aromatic N) is 1. The molecule has 1 aromatic rings. The Morgan fingerprint density at radius 2 is 1.88 bits per heavy atom. The number of carboxylic acids is 1. The second-order valence-electron chi connectivity index (χ2n) is 5.73. The highest BCUT2D eigenvalue weighted by Gasteiger charge is 2.40. The molecule has 5 nitrogen and oxygen atoms in total. The monoisotopic (exact) mass is 357 g/mol. The molecule has 0 saturated heterocycles. The number of alkyl halides is 3. The average molecular weight is 357 g/mol. The van der Waals surface area contributed by atoms with Gasteiger partial charge in [0.25, 0.3) is 0 Å². The third kappa shape index (κ3) is 5.48. The Kier molecular flexibility index (Phi) is 6.56. The van der Waals surface area contributed by atoms with Crippen molar-refractivity contribution < 1.29 is 32.6 Å². The fourth-order valence-electron chi connectivity index (χ4n) is 2.26. The van der Waals surface area contributed by atoms with Gasteiger partial charge < -0.3 is 9.84 Å². The van der Waals surface area contributed by atoms with Crippen molar-refractivity contribution in [2.45, 2.75) is 50.8 Å². The van der Waals surface area contributed by atoms with E-state index in [9.17, 15) is 28.0 Å². The summed E-state index contributed by atoms with van der Waals surface area (Å²) in [4.78, 5) is 23.2. The number of rotatable bonds is 7. The number of carbonyl (C=O) groups excluding carboxylic acids is 1. The summed E-state index contributed by atoms with van der Waals surface area (Å²) in [6.45, 7) is 3.38. The van der Waals surface area contributed by atoms with Crippen LogP contribution >= 0.6 is 0 Å². The first kappa shape index (κ1) is 20.5. The first-order chi connectivity index (χ1) is 11.5. The lowest BCUT2D eigenvalue weighted by atomic mass is 9.75. The molecular weight excluding hydrogens is 339 g/mol. The maximum absolute atomic E-state index is 12.9. The van der Waals surface area contributed by atoms with E-state index >= 15 is 0 Å².